The van der Waals surface area contributed by atoms with Crippen LogP contribution in [0.2, 0.25) is 0 Å². The fourth-order valence-corrected chi connectivity index (χ4v) is 3.41. The van der Waals surface area contributed by atoms with Gasteiger partial charge in [-0.1, -0.05) is 20.8 Å². The molecule has 1 N–H and O–H groups in total. The molecule has 0 saturated heterocycles. The van der Waals surface area contributed by atoms with Crippen molar-refractivity contribution in [2.75, 3.05) is 0 Å². The molecule has 104 valence electrons. The molecule has 2 aromatic rings. The van der Waals surface area contributed by atoms with E-state index in [1.165, 1.54) is 10.6 Å². The molecule has 0 bridgehead atoms. The Kier molecular flexibility index (Phi) is 4.38. The van der Waals surface area contributed by atoms with E-state index in [9.17, 15) is 0 Å². The first-order chi connectivity index (χ1) is 8.86. The lowest BCUT2D eigenvalue weighted by atomic mass is 9.93. The van der Waals surface area contributed by atoms with E-state index < -0.39 is 0 Å². The highest BCUT2D eigenvalue weighted by Crippen LogP contribution is 2.24. The minimum atomic E-state index is 0.132. The number of hydrogen-bond acceptors (Lipinski definition) is 5. The number of aryl methyl sites for hydroxylation is 1. The maximum absolute atomic E-state index is 4.69. The lowest BCUT2D eigenvalue weighted by Crippen LogP contribution is -2.18. The van der Waals surface area contributed by atoms with Crippen molar-refractivity contribution in [3.63, 3.8) is 0 Å². The molecule has 19 heavy (non-hydrogen) atoms. The largest absolute Gasteiger partial charge is 0.302 e. The van der Waals surface area contributed by atoms with Gasteiger partial charge in [-0.2, -0.15) is 0 Å². The Hall–Kier alpha value is -0.780. The van der Waals surface area contributed by atoms with Gasteiger partial charge < -0.3 is 5.32 Å². The molecule has 2 heterocycles. The number of hydrogen-bond donors (Lipinski definition) is 1. The molecular weight excluding hydrogens is 274 g/mol. The van der Waals surface area contributed by atoms with E-state index in [0.717, 1.165) is 16.6 Å². The fraction of sp³-hybridized carbons (Fsp3) is 0.571. The lowest BCUT2D eigenvalue weighted by molar-refractivity contribution is 0.553. The van der Waals surface area contributed by atoms with Gasteiger partial charge >= 0.3 is 0 Å². The summed E-state index contributed by atoms with van der Waals surface area (Å²) in [6, 6.07) is 0.278. The highest BCUT2D eigenvalue weighted by molar-refractivity contribution is 7.11. The zero-order chi connectivity index (χ0) is 14.0. The maximum atomic E-state index is 4.69. The van der Waals surface area contributed by atoms with Crippen molar-refractivity contribution < 1.29 is 0 Å². The average Bonchev–Trinajstić information content (AvgIpc) is 2.93. The summed E-state index contributed by atoms with van der Waals surface area (Å²) in [4.78, 5) is 10.4. The first kappa shape index (κ1) is 14.6. The monoisotopic (exact) mass is 295 g/mol. The Bertz CT molecular complexity index is 537. The van der Waals surface area contributed by atoms with Crippen LogP contribution < -0.4 is 5.32 Å². The first-order valence-electron chi connectivity index (χ1n) is 6.47. The smallest absolute Gasteiger partial charge is 0.109 e. The van der Waals surface area contributed by atoms with Gasteiger partial charge in [0.1, 0.15) is 10.0 Å². The van der Waals surface area contributed by atoms with Crippen LogP contribution in [-0.4, -0.2) is 9.97 Å². The Balaban J connectivity index is 1.94. The zero-order valence-electron chi connectivity index (χ0n) is 12.2. The van der Waals surface area contributed by atoms with Gasteiger partial charge in [-0.15, -0.1) is 22.7 Å². The summed E-state index contributed by atoms with van der Waals surface area (Å²) >= 11 is 3.48. The minimum Gasteiger partial charge on any atom is -0.302 e. The summed E-state index contributed by atoms with van der Waals surface area (Å²) in [5.74, 6) is 0. The van der Waals surface area contributed by atoms with Crippen LogP contribution in [0.25, 0.3) is 0 Å². The summed E-state index contributed by atoms with van der Waals surface area (Å²) < 4.78 is 0. The van der Waals surface area contributed by atoms with Crippen LogP contribution in [0.3, 0.4) is 0 Å². The summed E-state index contributed by atoms with van der Waals surface area (Å²) in [5, 5.41) is 7.94. The normalized spacial score (nSPS) is 13.7. The summed E-state index contributed by atoms with van der Waals surface area (Å²) in [6.45, 7) is 11.6. The van der Waals surface area contributed by atoms with Gasteiger partial charge in [-0.25, -0.2) is 9.97 Å². The molecule has 1 atom stereocenters. The number of nitrogens with zero attached hydrogens (tertiary/aromatic N) is 2. The van der Waals surface area contributed by atoms with Crippen molar-refractivity contribution in [1.29, 1.82) is 0 Å². The lowest BCUT2D eigenvalue weighted by Gasteiger charge is -2.14. The third-order valence-electron chi connectivity index (χ3n) is 2.89. The molecule has 0 aliphatic carbocycles. The molecule has 2 rings (SSSR count). The van der Waals surface area contributed by atoms with Gasteiger partial charge in [0.05, 0.1) is 11.7 Å². The Morgan fingerprint density at radius 3 is 2.63 bits per heavy atom. The molecule has 0 saturated carbocycles. The topological polar surface area (TPSA) is 37.8 Å². The highest BCUT2D eigenvalue weighted by Gasteiger charge is 2.17. The predicted octanol–water partition coefficient (Wildman–Crippen LogP) is 4.06. The van der Waals surface area contributed by atoms with Crippen LogP contribution in [0.15, 0.2) is 11.6 Å². The molecule has 0 fully saturated rings. The minimum absolute atomic E-state index is 0.132. The van der Waals surface area contributed by atoms with E-state index in [0.29, 0.717) is 0 Å². The number of thiazole rings is 2. The van der Waals surface area contributed by atoms with Gasteiger partial charge in [0.15, 0.2) is 0 Å². The maximum Gasteiger partial charge on any atom is 0.109 e. The predicted molar refractivity (Wildman–Crippen MR) is 82.9 cm³/mol. The van der Waals surface area contributed by atoms with Crippen molar-refractivity contribution in [2.45, 2.75) is 52.6 Å². The van der Waals surface area contributed by atoms with E-state index >= 15 is 0 Å². The molecular formula is C14H21N3S2. The van der Waals surface area contributed by atoms with Crippen molar-refractivity contribution in [2.24, 2.45) is 0 Å². The summed E-state index contributed by atoms with van der Waals surface area (Å²) in [5.41, 5.74) is 1.30. The standard InChI is InChI=1S/C14H21N3S2/c1-9-6-16-13(19-9)10(2)15-7-12-17-11(8-18-12)14(3,4)5/h6,8,10,15H,7H2,1-5H3. The van der Waals surface area contributed by atoms with Gasteiger partial charge in [-0.05, 0) is 13.8 Å². The fourth-order valence-electron chi connectivity index (χ4n) is 1.64. The third kappa shape index (κ3) is 3.84. The quantitative estimate of drug-likeness (QED) is 0.924. The highest BCUT2D eigenvalue weighted by atomic mass is 32.1. The zero-order valence-corrected chi connectivity index (χ0v) is 13.8. The van der Waals surface area contributed by atoms with Crippen LogP contribution in [0.1, 0.15) is 54.3 Å². The van der Waals surface area contributed by atoms with Crippen molar-refractivity contribution in [3.05, 3.63) is 32.2 Å². The van der Waals surface area contributed by atoms with Gasteiger partial charge in [0, 0.05) is 28.4 Å². The molecule has 0 radical (unpaired) electrons. The number of aromatic nitrogens is 2. The Morgan fingerprint density at radius 1 is 1.37 bits per heavy atom. The van der Waals surface area contributed by atoms with Crippen molar-refractivity contribution >= 4 is 22.7 Å². The second kappa shape index (κ2) is 5.69. The molecule has 1 unspecified atom stereocenters. The molecule has 3 nitrogen and oxygen atoms in total. The van der Waals surface area contributed by atoms with Crippen molar-refractivity contribution in [3.8, 4) is 0 Å². The van der Waals surface area contributed by atoms with Gasteiger partial charge in [-0.3, -0.25) is 0 Å². The SMILES string of the molecule is Cc1cnc(C(C)NCc2nc(C(C)(C)C)cs2)s1. The molecule has 0 aliphatic heterocycles. The molecule has 0 aromatic carbocycles. The molecule has 5 heteroatoms. The number of nitrogens with one attached hydrogen (secondary N) is 1. The molecule has 0 amide bonds. The van der Waals surface area contributed by atoms with E-state index in [-0.39, 0.29) is 11.5 Å². The first-order valence-corrected chi connectivity index (χ1v) is 8.16. The Labute approximate surface area is 123 Å². The van der Waals surface area contributed by atoms with E-state index in [1.807, 2.05) is 6.20 Å². The number of rotatable bonds is 4. The average molecular weight is 295 g/mol. The summed E-state index contributed by atoms with van der Waals surface area (Å²) in [6.07, 6.45) is 1.93. The second-order valence-corrected chi connectivity index (χ2v) is 8.00. The van der Waals surface area contributed by atoms with Crippen LogP contribution in [0.5, 0.6) is 0 Å². The third-order valence-corrected chi connectivity index (χ3v) is 4.83. The van der Waals surface area contributed by atoms with Gasteiger partial charge in [0.25, 0.3) is 0 Å². The van der Waals surface area contributed by atoms with Crippen LogP contribution in [0.4, 0.5) is 0 Å². The summed E-state index contributed by atoms with van der Waals surface area (Å²) in [7, 11) is 0. The van der Waals surface area contributed by atoms with Gasteiger partial charge in [0.2, 0.25) is 0 Å². The second-order valence-electron chi connectivity index (χ2n) is 5.79. The Morgan fingerprint density at radius 2 is 2.11 bits per heavy atom. The van der Waals surface area contributed by atoms with Crippen molar-refractivity contribution in [1.82, 2.24) is 15.3 Å². The molecule has 0 spiro atoms. The molecule has 2 aromatic heterocycles. The van der Waals surface area contributed by atoms with Crippen LogP contribution >= 0.6 is 22.7 Å². The van der Waals surface area contributed by atoms with Crippen LogP contribution in [-0.2, 0) is 12.0 Å². The van der Waals surface area contributed by atoms with E-state index in [1.54, 1.807) is 22.7 Å². The van der Waals surface area contributed by atoms with E-state index in [4.69, 9.17) is 4.98 Å². The van der Waals surface area contributed by atoms with Crippen LogP contribution in [0, 0.1) is 6.92 Å². The molecule has 0 aliphatic rings. The van der Waals surface area contributed by atoms with E-state index in [2.05, 4.69) is 50.3 Å².